The van der Waals surface area contributed by atoms with Crippen molar-refractivity contribution in [3.8, 4) is 16.3 Å². The van der Waals surface area contributed by atoms with Crippen LogP contribution in [0.5, 0.6) is 5.75 Å². The van der Waals surface area contributed by atoms with Crippen LogP contribution in [0.1, 0.15) is 17.3 Å². The molecule has 0 spiro atoms. The lowest BCUT2D eigenvalue weighted by atomic mass is 10.1. The van der Waals surface area contributed by atoms with Crippen molar-refractivity contribution in [2.45, 2.75) is 6.92 Å². The minimum absolute atomic E-state index is 0.0188. The van der Waals surface area contributed by atoms with Gasteiger partial charge in [-0.25, -0.2) is 4.98 Å². The van der Waals surface area contributed by atoms with Crippen molar-refractivity contribution in [3.05, 3.63) is 81.4 Å². The highest BCUT2D eigenvalue weighted by Gasteiger charge is 2.19. The third-order valence-corrected chi connectivity index (χ3v) is 6.28. The minimum Gasteiger partial charge on any atom is -0.487 e. The first-order valence-electron chi connectivity index (χ1n) is 10.0. The van der Waals surface area contributed by atoms with Gasteiger partial charge in [0.25, 0.3) is 5.91 Å². The van der Waals surface area contributed by atoms with Gasteiger partial charge in [0.05, 0.1) is 26.8 Å². The van der Waals surface area contributed by atoms with Gasteiger partial charge in [0, 0.05) is 22.9 Å². The molecular weight excluding hydrogens is 496 g/mol. The van der Waals surface area contributed by atoms with E-state index in [2.05, 4.69) is 15.6 Å². The maximum Gasteiger partial charge on any atom is 0.311 e. The van der Waals surface area contributed by atoms with Crippen molar-refractivity contribution in [3.63, 3.8) is 0 Å². The normalized spacial score (nSPS) is 10.6. The molecule has 8 nitrogen and oxygen atoms in total. The number of fused-ring (bicyclic) bond motifs is 1. The molecule has 1 amide bonds. The molecule has 3 aromatic carbocycles. The van der Waals surface area contributed by atoms with E-state index in [9.17, 15) is 14.9 Å². The number of benzene rings is 3. The van der Waals surface area contributed by atoms with Gasteiger partial charge in [0.15, 0.2) is 10.9 Å². The van der Waals surface area contributed by atoms with E-state index in [0.717, 1.165) is 26.9 Å². The molecule has 0 aliphatic rings. The Labute approximate surface area is 208 Å². The first kappa shape index (κ1) is 23.6. The van der Waals surface area contributed by atoms with Crippen LogP contribution in [-0.4, -0.2) is 27.5 Å². The monoisotopic (exact) mass is 512 g/mol. The SMILES string of the molecule is CCOc1ccc(C(=O)NC(=S)Nc2ccc(-c3nc4ccccc4s3)c(Cl)c2)cc1[N+](=O)[O-]. The number of carbonyl (C=O) groups is 1. The maximum atomic E-state index is 12.5. The Bertz CT molecular complexity index is 1390. The second-order valence-electron chi connectivity index (χ2n) is 6.96. The fraction of sp³-hybridized carbons (Fsp3) is 0.0870. The molecule has 0 fully saturated rings. The number of aromatic nitrogens is 1. The van der Waals surface area contributed by atoms with Crippen LogP contribution in [0.2, 0.25) is 5.02 Å². The van der Waals surface area contributed by atoms with Gasteiger partial charge in [0.2, 0.25) is 0 Å². The number of halogens is 1. The lowest BCUT2D eigenvalue weighted by molar-refractivity contribution is -0.385. The second kappa shape index (κ2) is 10.1. The largest absolute Gasteiger partial charge is 0.487 e. The summed E-state index contributed by atoms with van der Waals surface area (Å²) in [6.07, 6.45) is 0. The molecule has 0 aliphatic heterocycles. The Morgan fingerprint density at radius 3 is 2.71 bits per heavy atom. The summed E-state index contributed by atoms with van der Waals surface area (Å²) in [4.78, 5) is 27.8. The fourth-order valence-electron chi connectivity index (χ4n) is 3.17. The van der Waals surface area contributed by atoms with Crippen LogP contribution in [0.3, 0.4) is 0 Å². The van der Waals surface area contributed by atoms with E-state index in [1.807, 2.05) is 30.3 Å². The van der Waals surface area contributed by atoms with Crippen LogP contribution < -0.4 is 15.4 Å². The maximum absolute atomic E-state index is 12.5. The summed E-state index contributed by atoms with van der Waals surface area (Å²) < 4.78 is 6.30. The number of amides is 1. The highest BCUT2D eigenvalue weighted by molar-refractivity contribution is 7.80. The Hall–Kier alpha value is -3.60. The zero-order valence-corrected chi connectivity index (χ0v) is 20.1. The summed E-state index contributed by atoms with van der Waals surface area (Å²) in [5, 5.41) is 18.0. The van der Waals surface area contributed by atoms with Crippen molar-refractivity contribution < 1.29 is 14.5 Å². The van der Waals surface area contributed by atoms with Crippen molar-refractivity contribution in [2.24, 2.45) is 0 Å². The summed E-state index contributed by atoms with van der Waals surface area (Å²) in [6, 6.07) is 17.1. The highest BCUT2D eigenvalue weighted by Crippen LogP contribution is 2.35. The van der Waals surface area contributed by atoms with Gasteiger partial charge in [0.1, 0.15) is 5.01 Å². The first-order valence-corrected chi connectivity index (χ1v) is 11.6. The van der Waals surface area contributed by atoms with Crippen molar-refractivity contribution in [1.82, 2.24) is 10.3 Å². The number of nitrogens with zero attached hydrogens (tertiary/aromatic N) is 2. The Balaban J connectivity index is 1.45. The topological polar surface area (TPSA) is 106 Å². The van der Waals surface area contributed by atoms with E-state index in [1.165, 1.54) is 12.1 Å². The molecule has 1 heterocycles. The lowest BCUT2D eigenvalue weighted by Gasteiger charge is -2.11. The molecule has 0 saturated heterocycles. The smallest absolute Gasteiger partial charge is 0.311 e. The van der Waals surface area contributed by atoms with Crippen molar-refractivity contribution in [1.29, 1.82) is 0 Å². The summed E-state index contributed by atoms with van der Waals surface area (Å²) >= 11 is 13.2. The number of ether oxygens (including phenoxy) is 1. The van der Waals surface area contributed by atoms with Gasteiger partial charge in [-0.1, -0.05) is 23.7 Å². The Morgan fingerprint density at radius 1 is 1.21 bits per heavy atom. The molecule has 2 N–H and O–H groups in total. The van der Waals surface area contributed by atoms with Crippen LogP contribution in [0.15, 0.2) is 60.7 Å². The molecule has 0 bridgehead atoms. The van der Waals surface area contributed by atoms with Crippen LogP contribution in [-0.2, 0) is 0 Å². The molecule has 1 aromatic heterocycles. The number of nitrogens with one attached hydrogen (secondary N) is 2. The molecule has 4 rings (SSSR count). The molecule has 0 saturated carbocycles. The molecule has 0 atom stereocenters. The number of nitro benzene ring substituents is 1. The Kier molecular flexibility index (Phi) is 7.01. The first-order chi connectivity index (χ1) is 16.4. The summed E-state index contributed by atoms with van der Waals surface area (Å²) in [5.74, 6) is -0.506. The van der Waals surface area contributed by atoms with Crippen LogP contribution in [0, 0.1) is 10.1 Å². The van der Waals surface area contributed by atoms with Gasteiger partial charge in [-0.2, -0.15) is 0 Å². The molecular formula is C23H17ClN4O4S2. The summed E-state index contributed by atoms with van der Waals surface area (Å²) in [6.45, 7) is 1.98. The average Bonchev–Trinajstić information content (AvgIpc) is 3.23. The number of carbonyl (C=O) groups excluding carboxylic acids is 1. The number of rotatable bonds is 6. The summed E-state index contributed by atoms with van der Waals surface area (Å²) in [5.41, 5.74) is 2.02. The van der Waals surface area contributed by atoms with Gasteiger partial charge in [-0.3, -0.25) is 20.2 Å². The van der Waals surface area contributed by atoms with Gasteiger partial charge in [-0.15, -0.1) is 11.3 Å². The molecule has 0 radical (unpaired) electrons. The molecule has 34 heavy (non-hydrogen) atoms. The van der Waals surface area contributed by atoms with E-state index >= 15 is 0 Å². The van der Waals surface area contributed by atoms with Crippen LogP contribution >= 0.6 is 35.2 Å². The predicted molar refractivity (Wildman–Crippen MR) is 138 cm³/mol. The van der Waals surface area contributed by atoms with E-state index < -0.39 is 10.8 Å². The molecule has 0 aliphatic carbocycles. The van der Waals surface area contributed by atoms with Crippen molar-refractivity contribution >= 4 is 67.8 Å². The van der Waals surface area contributed by atoms with E-state index in [-0.39, 0.29) is 28.7 Å². The minimum atomic E-state index is -0.604. The van der Waals surface area contributed by atoms with Gasteiger partial charge in [-0.05, 0) is 61.6 Å². The number of anilines is 1. The summed E-state index contributed by atoms with van der Waals surface area (Å²) in [7, 11) is 0. The third-order valence-electron chi connectivity index (χ3n) is 4.70. The lowest BCUT2D eigenvalue weighted by Crippen LogP contribution is -2.34. The predicted octanol–water partition coefficient (Wildman–Crippen LogP) is 6.05. The molecule has 0 unspecified atom stereocenters. The average molecular weight is 513 g/mol. The zero-order valence-electron chi connectivity index (χ0n) is 17.7. The number of hydrogen-bond acceptors (Lipinski definition) is 7. The fourth-order valence-corrected chi connectivity index (χ4v) is 4.71. The second-order valence-corrected chi connectivity index (χ2v) is 8.81. The van der Waals surface area contributed by atoms with E-state index in [0.29, 0.717) is 10.7 Å². The van der Waals surface area contributed by atoms with Crippen molar-refractivity contribution in [2.75, 3.05) is 11.9 Å². The number of para-hydroxylation sites is 1. The number of hydrogen-bond donors (Lipinski definition) is 2. The third kappa shape index (κ3) is 5.14. The van der Waals surface area contributed by atoms with Gasteiger partial charge >= 0.3 is 5.69 Å². The number of nitro groups is 1. The Morgan fingerprint density at radius 2 is 2.00 bits per heavy atom. The standard InChI is InChI=1S/C23H17ClN4O4S2/c1-2-32-19-10-7-13(11-18(19)28(30)31)21(29)27-23(33)25-14-8-9-15(16(24)12-14)22-26-17-5-3-4-6-20(17)34-22/h3-12H,2H2,1H3,(H2,25,27,29,33). The quantitative estimate of drug-likeness (QED) is 0.184. The van der Waals surface area contributed by atoms with Gasteiger partial charge < -0.3 is 10.1 Å². The van der Waals surface area contributed by atoms with E-state index in [1.54, 1.807) is 30.4 Å². The number of thiazole rings is 1. The zero-order chi connectivity index (χ0) is 24.2. The molecule has 4 aromatic rings. The van der Waals surface area contributed by atoms with Crippen LogP contribution in [0.4, 0.5) is 11.4 Å². The number of thiocarbonyl (C=S) groups is 1. The van der Waals surface area contributed by atoms with E-state index in [4.69, 9.17) is 28.6 Å². The highest BCUT2D eigenvalue weighted by atomic mass is 35.5. The van der Waals surface area contributed by atoms with Crippen LogP contribution in [0.25, 0.3) is 20.8 Å². The molecule has 11 heteroatoms. The molecule has 172 valence electrons.